The molecule has 1 amide bonds. The SMILES string of the molecule is COC(=O)C(CCN1CCC2(CC2)C(O)C1)N1CCNCCC1=O. The first-order valence-electron chi connectivity index (χ1n) is 9.04. The number of rotatable bonds is 5. The highest BCUT2D eigenvalue weighted by atomic mass is 16.5. The van der Waals surface area contributed by atoms with E-state index in [1.54, 1.807) is 4.90 Å². The molecule has 7 heteroatoms. The Labute approximate surface area is 143 Å². The zero-order valence-electron chi connectivity index (χ0n) is 14.5. The molecule has 1 spiro atoms. The number of aliphatic hydroxyl groups excluding tert-OH is 1. The van der Waals surface area contributed by atoms with Gasteiger partial charge in [0, 0.05) is 39.1 Å². The van der Waals surface area contributed by atoms with Gasteiger partial charge in [-0.2, -0.15) is 0 Å². The molecular formula is C17H29N3O4. The molecule has 136 valence electrons. The van der Waals surface area contributed by atoms with Gasteiger partial charge in [-0.3, -0.25) is 4.79 Å². The number of amides is 1. The predicted molar refractivity (Wildman–Crippen MR) is 88.4 cm³/mol. The van der Waals surface area contributed by atoms with Crippen LogP contribution in [0.4, 0.5) is 0 Å². The van der Waals surface area contributed by atoms with Gasteiger partial charge in [-0.15, -0.1) is 0 Å². The zero-order chi connectivity index (χ0) is 17.2. The maximum absolute atomic E-state index is 12.3. The molecule has 24 heavy (non-hydrogen) atoms. The second kappa shape index (κ2) is 7.37. The zero-order valence-corrected chi connectivity index (χ0v) is 14.5. The maximum atomic E-state index is 12.3. The van der Waals surface area contributed by atoms with Gasteiger partial charge in [0.25, 0.3) is 0 Å². The van der Waals surface area contributed by atoms with Gasteiger partial charge in [-0.05, 0) is 37.6 Å². The van der Waals surface area contributed by atoms with Gasteiger partial charge in [0.15, 0.2) is 0 Å². The van der Waals surface area contributed by atoms with Crippen LogP contribution in [0.3, 0.4) is 0 Å². The summed E-state index contributed by atoms with van der Waals surface area (Å²) < 4.78 is 4.94. The van der Waals surface area contributed by atoms with Crippen molar-refractivity contribution < 1.29 is 19.4 Å². The molecule has 0 aromatic carbocycles. The van der Waals surface area contributed by atoms with Gasteiger partial charge in [0.05, 0.1) is 13.2 Å². The summed E-state index contributed by atoms with van der Waals surface area (Å²) in [6.45, 7) is 4.21. The average Bonchev–Trinajstić information content (AvgIpc) is 3.38. The van der Waals surface area contributed by atoms with E-state index in [2.05, 4.69) is 10.2 Å². The van der Waals surface area contributed by atoms with Crippen LogP contribution >= 0.6 is 0 Å². The van der Waals surface area contributed by atoms with Crippen LogP contribution in [0, 0.1) is 5.41 Å². The third-order valence-corrected chi connectivity index (χ3v) is 5.89. The van der Waals surface area contributed by atoms with Crippen molar-refractivity contribution in [3.8, 4) is 0 Å². The molecule has 3 fully saturated rings. The molecule has 3 aliphatic rings. The molecule has 2 atom stereocenters. The second-order valence-corrected chi connectivity index (χ2v) is 7.34. The Hall–Kier alpha value is -1.18. The summed E-state index contributed by atoms with van der Waals surface area (Å²) in [6, 6.07) is -0.531. The van der Waals surface area contributed by atoms with Crippen LogP contribution in [-0.4, -0.2) is 85.3 Å². The van der Waals surface area contributed by atoms with Crippen molar-refractivity contribution in [2.45, 2.75) is 44.2 Å². The molecule has 2 N–H and O–H groups in total. The molecule has 0 radical (unpaired) electrons. The third kappa shape index (κ3) is 3.73. The minimum Gasteiger partial charge on any atom is -0.467 e. The van der Waals surface area contributed by atoms with E-state index in [4.69, 9.17) is 4.74 Å². The quantitative estimate of drug-likeness (QED) is 0.663. The number of likely N-dealkylation sites (tertiary alicyclic amines) is 1. The normalized spacial score (nSPS) is 28.5. The van der Waals surface area contributed by atoms with E-state index in [0.29, 0.717) is 45.6 Å². The molecule has 0 aromatic rings. The number of aliphatic hydroxyl groups is 1. The fourth-order valence-corrected chi connectivity index (χ4v) is 3.98. The predicted octanol–water partition coefficient (Wildman–Crippen LogP) is -0.413. The average molecular weight is 339 g/mol. The molecule has 2 saturated heterocycles. The minimum atomic E-state index is -0.531. The molecule has 1 aliphatic carbocycles. The van der Waals surface area contributed by atoms with Crippen molar-refractivity contribution in [1.29, 1.82) is 0 Å². The monoisotopic (exact) mass is 339 g/mol. The summed E-state index contributed by atoms with van der Waals surface area (Å²) in [4.78, 5) is 28.4. The number of β-amino-alcohol motifs (C(OH)–C–C–N with tert-alkyl or cyclic N) is 1. The van der Waals surface area contributed by atoms with Crippen molar-refractivity contribution >= 4 is 11.9 Å². The van der Waals surface area contributed by atoms with Gasteiger partial charge in [-0.1, -0.05) is 0 Å². The molecule has 1 saturated carbocycles. The lowest BCUT2D eigenvalue weighted by Crippen LogP contribution is -2.50. The first kappa shape index (κ1) is 17.6. The Balaban J connectivity index is 1.58. The smallest absolute Gasteiger partial charge is 0.328 e. The van der Waals surface area contributed by atoms with Crippen LogP contribution < -0.4 is 5.32 Å². The van der Waals surface area contributed by atoms with Crippen LogP contribution in [-0.2, 0) is 14.3 Å². The Morgan fingerprint density at radius 1 is 1.38 bits per heavy atom. The molecular weight excluding hydrogens is 310 g/mol. The number of methoxy groups -OCH3 is 1. The standard InChI is InChI=1S/C17H29N3O4/c1-24-16(23)13(20-11-8-18-7-2-15(20)22)3-9-19-10-6-17(4-5-17)14(21)12-19/h13-14,18,21H,2-12H2,1H3. The summed E-state index contributed by atoms with van der Waals surface area (Å²) in [6.07, 6.45) is 4.02. The lowest BCUT2D eigenvalue weighted by molar-refractivity contribution is -0.153. The van der Waals surface area contributed by atoms with Gasteiger partial charge in [0.1, 0.15) is 6.04 Å². The van der Waals surface area contributed by atoms with Crippen molar-refractivity contribution in [3.05, 3.63) is 0 Å². The topological polar surface area (TPSA) is 82.1 Å². The molecule has 3 rings (SSSR count). The largest absolute Gasteiger partial charge is 0.467 e. The van der Waals surface area contributed by atoms with Crippen molar-refractivity contribution in [2.75, 3.05) is 46.4 Å². The number of hydrogen-bond acceptors (Lipinski definition) is 6. The van der Waals surface area contributed by atoms with E-state index in [1.807, 2.05) is 0 Å². The van der Waals surface area contributed by atoms with Crippen LogP contribution in [0.25, 0.3) is 0 Å². The summed E-state index contributed by atoms with van der Waals surface area (Å²) in [5.41, 5.74) is 0.185. The van der Waals surface area contributed by atoms with Crippen molar-refractivity contribution in [2.24, 2.45) is 5.41 Å². The van der Waals surface area contributed by atoms with Crippen LogP contribution in [0.15, 0.2) is 0 Å². The summed E-state index contributed by atoms with van der Waals surface area (Å²) in [7, 11) is 1.37. The number of hydrogen-bond donors (Lipinski definition) is 2. The number of nitrogens with one attached hydrogen (secondary N) is 1. The van der Waals surface area contributed by atoms with Crippen LogP contribution in [0.2, 0.25) is 0 Å². The molecule has 7 nitrogen and oxygen atoms in total. The minimum absolute atomic E-state index is 0.00557. The molecule has 2 heterocycles. The third-order valence-electron chi connectivity index (χ3n) is 5.89. The fraction of sp³-hybridized carbons (Fsp3) is 0.882. The lowest BCUT2D eigenvalue weighted by atomic mass is 9.90. The molecule has 2 aliphatic heterocycles. The van der Waals surface area contributed by atoms with Crippen LogP contribution in [0.1, 0.15) is 32.1 Å². The number of ether oxygens (including phenoxy) is 1. The Morgan fingerprint density at radius 3 is 2.83 bits per heavy atom. The van der Waals surface area contributed by atoms with E-state index in [0.717, 1.165) is 25.8 Å². The number of carbonyl (C=O) groups excluding carboxylic acids is 2. The Morgan fingerprint density at radius 2 is 2.17 bits per heavy atom. The first-order valence-corrected chi connectivity index (χ1v) is 9.04. The summed E-state index contributed by atoms with van der Waals surface area (Å²) in [5, 5.41) is 13.5. The van der Waals surface area contributed by atoms with Crippen molar-refractivity contribution in [1.82, 2.24) is 15.1 Å². The Bertz CT molecular complexity index is 480. The lowest BCUT2D eigenvalue weighted by Gasteiger charge is -2.37. The number of carbonyl (C=O) groups is 2. The maximum Gasteiger partial charge on any atom is 0.328 e. The van der Waals surface area contributed by atoms with E-state index < -0.39 is 6.04 Å². The Kier molecular flexibility index (Phi) is 5.42. The summed E-state index contributed by atoms with van der Waals surface area (Å²) >= 11 is 0. The number of piperidine rings is 1. The van der Waals surface area contributed by atoms with Gasteiger partial charge < -0.3 is 25.0 Å². The highest BCUT2D eigenvalue weighted by molar-refractivity contribution is 5.84. The fourth-order valence-electron chi connectivity index (χ4n) is 3.98. The highest BCUT2D eigenvalue weighted by Crippen LogP contribution is 2.53. The molecule has 0 bridgehead atoms. The van der Waals surface area contributed by atoms with E-state index >= 15 is 0 Å². The van der Waals surface area contributed by atoms with E-state index in [-0.39, 0.29) is 23.4 Å². The van der Waals surface area contributed by atoms with Crippen LogP contribution in [0.5, 0.6) is 0 Å². The van der Waals surface area contributed by atoms with E-state index in [1.165, 1.54) is 7.11 Å². The highest BCUT2D eigenvalue weighted by Gasteiger charge is 2.51. The van der Waals surface area contributed by atoms with Crippen molar-refractivity contribution in [3.63, 3.8) is 0 Å². The number of nitrogens with zero attached hydrogens (tertiary/aromatic N) is 2. The van der Waals surface area contributed by atoms with Gasteiger partial charge in [-0.25, -0.2) is 4.79 Å². The van der Waals surface area contributed by atoms with Gasteiger partial charge >= 0.3 is 5.97 Å². The molecule has 2 unspecified atom stereocenters. The van der Waals surface area contributed by atoms with Gasteiger partial charge in [0.2, 0.25) is 5.91 Å². The van der Waals surface area contributed by atoms with E-state index in [9.17, 15) is 14.7 Å². The molecule has 0 aromatic heterocycles. The first-order chi connectivity index (χ1) is 11.6. The number of esters is 1. The second-order valence-electron chi connectivity index (χ2n) is 7.34. The summed E-state index contributed by atoms with van der Waals surface area (Å²) in [5.74, 6) is -0.340.